The molecular weight excluding hydrogens is 264 g/mol. The van der Waals surface area contributed by atoms with Crippen LogP contribution in [-0.4, -0.2) is 18.4 Å². The summed E-state index contributed by atoms with van der Waals surface area (Å²) in [5, 5.41) is 8.66. The number of hydrogen-bond acceptors (Lipinski definition) is 4. The Hall–Kier alpha value is -2.17. The fourth-order valence-corrected chi connectivity index (χ4v) is 2.62. The summed E-state index contributed by atoms with van der Waals surface area (Å²) in [6, 6.07) is 8.44. The predicted molar refractivity (Wildman–Crippen MR) is 69.2 cm³/mol. The molecule has 1 aromatic carbocycles. The molecule has 0 amide bonds. The summed E-state index contributed by atoms with van der Waals surface area (Å²) in [6.07, 6.45) is 3.05. The molecule has 1 heterocycles. The molecule has 0 atom stereocenters. The quantitative estimate of drug-likeness (QED) is 0.847. The second-order valence-corrected chi connectivity index (χ2v) is 5.77. The second kappa shape index (κ2) is 5.65. The van der Waals surface area contributed by atoms with E-state index in [0.717, 1.165) is 0 Å². The number of imidazole rings is 1. The lowest BCUT2D eigenvalue weighted by Crippen LogP contribution is -2.24. The van der Waals surface area contributed by atoms with Crippen LogP contribution in [0.2, 0.25) is 0 Å². The van der Waals surface area contributed by atoms with Crippen molar-refractivity contribution in [1.82, 2.24) is 14.7 Å². The Kier molecular flexibility index (Phi) is 3.94. The SMILES string of the molecule is N#Cc1ccc(CS(=O)(=O)NCc2cnc[nH]2)cc1. The average molecular weight is 276 g/mol. The first-order valence-electron chi connectivity index (χ1n) is 5.53. The van der Waals surface area contributed by atoms with E-state index in [0.29, 0.717) is 16.8 Å². The first-order valence-corrected chi connectivity index (χ1v) is 7.18. The van der Waals surface area contributed by atoms with E-state index >= 15 is 0 Å². The van der Waals surface area contributed by atoms with Crippen LogP contribution in [0.1, 0.15) is 16.8 Å². The van der Waals surface area contributed by atoms with Gasteiger partial charge in [-0.05, 0) is 17.7 Å². The molecule has 2 N–H and O–H groups in total. The van der Waals surface area contributed by atoms with Gasteiger partial charge in [-0.3, -0.25) is 0 Å². The zero-order valence-corrected chi connectivity index (χ0v) is 10.8. The highest BCUT2D eigenvalue weighted by Gasteiger charge is 2.11. The van der Waals surface area contributed by atoms with Gasteiger partial charge < -0.3 is 4.98 Å². The van der Waals surface area contributed by atoms with Crippen LogP contribution in [0, 0.1) is 11.3 Å². The Morgan fingerprint density at radius 2 is 2.05 bits per heavy atom. The van der Waals surface area contributed by atoms with Gasteiger partial charge >= 0.3 is 0 Å². The molecule has 0 spiro atoms. The number of benzene rings is 1. The molecule has 2 rings (SSSR count). The fraction of sp³-hybridized carbons (Fsp3) is 0.167. The molecule has 19 heavy (non-hydrogen) atoms. The van der Waals surface area contributed by atoms with Crippen molar-refractivity contribution in [1.29, 1.82) is 5.26 Å². The van der Waals surface area contributed by atoms with Crippen molar-refractivity contribution in [2.45, 2.75) is 12.3 Å². The van der Waals surface area contributed by atoms with E-state index in [2.05, 4.69) is 14.7 Å². The predicted octanol–water partition coefficient (Wildman–Crippen LogP) is 0.901. The molecule has 6 nitrogen and oxygen atoms in total. The van der Waals surface area contributed by atoms with E-state index in [-0.39, 0.29) is 12.3 Å². The molecule has 0 aliphatic heterocycles. The molecule has 1 aromatic heterocycles. The lowest BCUT2D eigenvalue weighted by Gasteiger charge is -2.05. The Balaban J connectivity index is 1.98. The number of nitriles is 1. The smallest absolute Gasteiger partial charge is 0.216 e. The van der Waals surface area contributed by atoms with E-state index in [4.69, 9.17) is 5.26 Å². The summed E-state index contributed by atoms with van der Waals surface area (Å²) >= 11 is 0. The summed E-state index contributed by atoms with van der Waals surface area (Å²) in [4.78, 5) is 6.62. The van der Waals surface area contributed by atoms with Gasteiger partial charge in [0.05, 0.1) is 30.3 Å². The highest BCUT2D eigenvalue weighted by Crippen LogP contribution is 2.07. The Morgan fingerprint density at radius 3 is 2.63 bits per heavy atom. The number of sulfonamides is 1. The number of nitrogens with zero attached hydrogens (tertiary/aromatic N) is 2. The minimum atomic E-state index is -3.41. The lowest BCUT2D eigenvalue weighted by molar-refractivity contribution is 0.579. The normalized spacial score (nSPS) is 11.1. The largest absolute Gasteiger partial charge is 0.347 e. The number of aromatic amines is 1. The molecule has 0 aliphatic rings. The second-order valence-electron chi connectivity index (χ2n) is 3.97. The van der Waals surface area contributed by atoms with Crippen LogP contribution < -0.4 is 4.72 Å². The number of hydrogen-bond donors (Lipinski definition) is 2. The summed E-state index contributed by atoms with van der Waals surface area (Å²) in [7, 11) is -3.41. The van der Waals surface area contributed by atoms with Crippen molar-refractivity contribution in [3.05, 3.63) is 53.6 Å². The molecule has 0 saturated carbocycles. The molecule has 7 heteroatoms. The van der Waals surface area contributed by atoms with E-state index < -0.39 is 10.0 Å². The topological polar surface area (TPSA) is 98.6 Å². The number of nitrogens with one attached hydrogen (secondary N) is 2. The van der Waals surface area contributed by atoms with Gasteiger partial charge in [-0.25, -0.2) is 18.1 Å². The number of H-pyrrole nitrogens is 1. The first kappa shape index (κ1) is 13.3. The summed E-state index contributed by atoms with van der Waals surface area (Å²) < 4.78 is 26.2. The van der Waals surface area contributed by atoms with Gasteiger partial charge in [-0.15, -0.1) is 0 Å². The first-order chi connectivity index (χ1) is 9.09. The third kappa shape index (κ3) is 3.91. The summed E-state index contributed by atoms with van der Waals surface area (Å²) in [6.45, 7) is 0.179. The summed E-state index contributed by atoms with van der Waals surface area (Å²) in [5.74, 6) is -0.118. The van der Waals surface area contributed by atoms with Crippen LogP contribution in [0.4, 0.5) is 0 Å². The van der Waals surface area contributed by atoms with Crippen LogP contribution in [0.3, 0.4) is 0 Å². The Bertz CT molecular complexity index is 670. The maximum absolute atomic E-state index is 11.8. The molecule has 0 aliphatic carbocycles. The van der Waals surface area contributed by atoms with Gasteiger partial charge in [0.2, 0.25) is 10.0 Å². The minimum absolute atomic E-state index is 0.118. The van der Waals surface area contributed by atoms with Crippen LogP contribution >= 0.6 is 0 Å². The van der Waals surface area contributed by atoms with E-state index in [1.165, 1.54) is 6.33 Å². The molecule has 98 valence electrons. The van der Waals surface area contributed by atoms with Gasteiger partial charge in [-0.2, -0.15) is 5.26 Å². The van der Waals surface area contributed by atoms with Gasteiger partial charge in [0.25, 0.3) is 0 Å². The Labute approximate surface area is 111 Å². The van der Waals surface area contributed by atoms with Crippen LogP contribution in [0.15, 0.2) is 36.8 Å². The van der Waals surface area contributed by atoms with Gasteiger partial charge in [0.1, 0.15) is 0 Å². The van der Waals surface area contributed by atoms with Crippen LogP contribution in [0.25, 0.3) is 0 Å². The zero-order valence-electron chi connectivity index (χ0n) is 10.00. The Morgan fingerprint density at radius 1 is 1.32 bits per heavy atom. The highest BCUT2D eigenvalue weighted by atomic mass is 32.2. The monoisotopic (exact) mass is 276 g/mol. The maximum atomic E-state index is 11.8. The molecule has 0 fully saturated rings. The van der Waals surface area contributed by atoms with Gasteiger partial charge in [-0.1, -0.05) is 12.1 Å². The van der Waals surface area contributed by atoms with Crippen molar-refractivity contribution < 1.29 is 8.42 Å². The molecule has 0 unspecified atom stereocenters. The lowest BCUT2D eigenvalue weighted by atomic mass is 10.2. The van der Waals surface area contributed by atoms with Crippen LogP contribution in [0.5, 0.6) is 0 Å². The highest BCUT2D eigenvalue weighted by molar-refractivity contribution is 7.88. The maximum Gasteiger partial charge on any atom is 0.216 e. The van der Waals surface area contributed by atoms with Crippen molar-refractivity contribution >= 4 is 10.0 Å². The fourth-order valence-electron chi connectivity index (χ4n) is 1.52. The van der Waals surface area contributed by atoms with Gasteiger partial charge in [0.15, 0.2) is 0 Å². The minimum Gasteiger partial charge on any atom is -0.347 e. The molecular formula is C12H12N4O2S. The van der Waals surface area contributed by atoms with Gasteiger partial charge in [0, 0.05) is 11.9 Å². The van der Waals surface area contributed by atoms with E-state index in [1.54, 1.807) is 30.5 Å². The van der Waals surface area contributed by atoms with E-state index in [1.807, 2.05) is 6.07 Å². The van der Waals surface area contributed by atoms with E-state index in [9.17, 15) is 8.42 Å². The third-order valence-corrected chi connectivity index (χ3v) is 3.77. The molecule has 0 saturated heterocycles. The van der Waals surface area contributed by atoms with Crippen molar-refractivity contribution in [3.63, 3.8) is 0 Å². The number of aromatic nitrogens is 2. The third-order valence-electron chi connectivity index (χ3n) is 2.48. The summed E-state index contributed by atoms with van der Waals surface area (Å²) in [5.41, 5.74) is 1.84. The standard InChI is InChI=1S/C12H12N4O2S/c13-5-10-1-3-11(4-2-10)8-19(17,18)16-7-12-6-14-9-15-12/h1-4,6,9,16H,7-8H2,(H,14,15). The van der Waals surface area contributed by atoms with Crippen molar-refractivity contribution in [2.24, 2.45) is 0 Å². The van der Waals surface area contributed by atoms with Crippen molar-refractivity contribution in [2.75, 3.05) is 0 Å². The molecule has 0 radical (unpaired) electrons. The zero-order chi connectivity index (χ0) is 13.7. The number of rotatable bonds is 5. The van der Waals surface area contributed by atoms with Crippen molar-refractivity contribution in [3.8, 4) is 6.07 Å². The molecule has 0 bridgehead atoms. The molecule has 2 aromatic rings. The van der Waals surface area contributed by atoms with Crippen LogP contribution in [-0.2, 0) is 22.3 Å². The average Bonchev–Trinajstić information content (AvgIpc) is 2.90.